The zero-order chi connectivity index (χ0) is 12.7. The van der Waals surface area contributed by atoms with Gasteiger partial charge in [-0.1, -0.05) is 70.2 Å². The monoisotopic (exact) mass is 231 g/mol. The van der Waals surface area contributed by atoms with Crippen LogP contribution in [0.1, 0.15) is 33.3 Å². The van der Waals surface area contributed by atoms with E-state index >= 15 is 0 Å². The van der Waals surface area contributed by atoms with E-state index in [1.54, 1.807) is 0 Å². The van der Waals surface area contributed by atoms with Crippen LogP contribution in [0.4, 0.5) is 0 Å². The molecule has 1 aromatic carbocycles. The molecule has 0 aliphatic rings. The van der Waals surface area contributed by atoms with Crippen molar-refractivity contribution in [3.8, 4) is 0 Å². The second kappa shape index (κ2) is 7.29. The Morgan fingerprint density at radius 3 is 2.18 bits per heavy atom. The number of benzene rings is 1. The highest BCUT2D eigenvalue weighted by atomic mass is 14.9. The summed E-state index contributed by atoms with van der Waals surface area (Å²) in [6, 6.07) is 11.0. The molecule has 0 radical (unpaired) electrons. The van der Waals surface area contributed by atoms with Gasteiger partial charge in [0, 0.05) is 12.6 Å². The number of nitrogens with one attached hydrogen (secondary N) is 1. The molecule has 1 aromatic rings. The Morgan fingerprint density at radius 2 is 1.65 bits per heavy atom. The molecule has 0 unspecified atom stereocenters. The van der Waals surface area contributed by atoms with Gasteiger partial charge in [0.1, 0.15) is 0 Å². The summed E-state index contributed by atoms with van der Waals surface area (Å²) >= 11 is 0. The summed E-state index contributed by atoms with van der Waals surface area (Å²) in [5.74, 6) is 1.24. The van der Waals surface area contributed by atoms with E-state index in [0.29, 0.717) is 17.9 Å². The van der Waals surface area contributed by atoms with Crippen LogP contribution in [0.5, 0.6) is 0 Å². The summed E-state index contributed by atoms with van der Waals surface area (Å²) in [7, 11) is 0. The van der Waals surface area contributed by atoms with E-state index < -0.39 is 0 Å². The van der Waals surface area contributed by atoms with Crippen molar-refractivity contribution in [3.05, 3.63) is 48.0 Å². The zero-order valence-corrected chi connectivity index (χ0v) is 11.5. The minimum absolute atomic E-state index is 0.456. The standard InChI is InChI=1S/C16H25N/c1-13(2)10-11-16(14(3)4)17-12-15-8-6-5-7-9-15/h5-11,13-14,16-17H,12H2,1-4H3/b11-10+/t16-/m1/s1. The predicted molar refractivity (Wildman–Crippen MR) is 75.9 cm³/mol. The van der Waals surface area contributed by atoms with E-state index in [1.165, 1.54) is 5.56 Å². The molecule has 0 heterocycles. The predicted octanol–water partition coefficient (Wildman–Crippen LogP) is 4.01. The van der Waals surface area contributed by atoms with E-state index in [-0.39, 0.29) is 0 Å². The summed E-state index contributed by atoms with van der Waals surface area (Å²) < 4.78 is 0. The van der Waals surface area contributed by atoms with Crippen molar-refractivity contribution in [2.45, 2.75) is 40.3 Å². The Morgan fingerprint density at radius 1 is 1.00 bits per heavy atom. The van der Waals surface area contributed by atoms with Crippen LogP contribution in [-0.2, 0) is 6.54 Å². The van der Waals surface area contributed by atoms with E-state index in [1.807, 2.05) is 0 Å². The van der Waals surface area contributed by atoms with Gasteiger partial charge >= 0.3 is 0 Å². The number of rotatable bonds is 6. The van der Waals surface area contributed by atoms with Crippen molar-refractivity contribution in [3.63, 3.8) is 0 Å². The van der Waals surface area contributed by atoms with Crippen LogP contribution in [0.3, 0.4) is 0 Å². The molecule has 0 aliphatic heterocycles. The van der Waals surface area contributed by atoms with Crippen molar-refractivity contribution in [1.82, 2.24) is 5.32 Å². The van der Waals surface area contributed by atoms with Crippen molar-refractivity contribution in [2.24, 2.45) is 11.8 Å². The van der Waals surface area contributed by atoms with Crippen LogP contribution in [0.2, 0.25) is 0 Å². The molecule has 0 aliphatic carbocycles. The molecule has 1 atom stereocenters. The molecule has 0 aromatic heterocycles. The fraction of sp³-hybridized carbons (Fsp3) is 0.500. The summed E-state index contributed by atoms with van der Waals surface area (Å²) in [6.07, 6.45) is 4.58. The third kappa shape index (κ3) is 5.69. The second-order valence-corrected chi connectivity index (χ2v) is 5.27. The van der Waals surface area contributed by atoms with Gasteiger partial charge in [-0.2, -0.15) is 0 Å². The van der Waals surface area contributed by atoms with Gasteiger partial charge in [-0.05, 0) is 17.4 Å². The first kappa shape index (κ1) is 14.0. The molecule has 1 heteroatoms. The van der Waals surface area contributed by atoms with Crippen LogP contribution in [0.25, 0.3) is 0 Å². The van der Waals surface area contributed by atoms with Crippen molar-refractivity contribution >= 4 is 0 Å². The quantitative estimate of drug-likeness (QED) is 0.729. The lowest BCUT2D eigenvalue weighted by atomic mass is 10.0. The highest BCUT2D eigenvalue weighted by Gasteiger charge is 2.08. The smallest absolute Gasteiger partial charge is 0.0276 e. The van der Waals surface area contributed by atoms with Gasteiger partial charge in [-0.25, -0.2) is 0 Å². The SMILES string of the molecule is CC(C)/C=C/[C@@H](NCc1ccccc1)C(C)C. The van der Waals surface area contributed by atoms with E-state index in [9.17, 15) is 0 Å². The first-order valence-electron chi connectivity index (χ1n) is 6.55. The van der Waals surface area contributed by atoms with Gasteiger partial charge in [0.15, 0.2) is 0 Å². The van der Waals surface area contributed by atoms with Gasteiger partial charge in [0.05, 0.1) is 0 Å². The van der Waals surface area contributed by atoms with Crippen LogP contribution in [0, 0.1) is 11.8 Å². The van der Waals surface area contributed by atoms with Crippen molar-refractivity contribution in [1.29, 1.82) is 0 Å². The molecule has 94 valence electrons. The Bertz CT molecular complexity index is 325. The molecule has 0 spiro atoms. The van der Waals surface area contributed by atoms with Gasteiger partial charge in [0.25, 0.3) is 0 Å². The van der Waals surface area contributed by atoms with Gasteiger partial charge in [0.2, 0.25) is 0 Å². The van der Waals surface area contributed by atoms with E-state index in [2.05, 4.69) is 75.5 Å². The summed E-state index contributed by atoms with van der Waals surface area (Å²) in [5, 5.41) is 3.60. The van der Waals surface area contributed by atoms with Crippen molar-refractivity contribution in [2.75, 3.05) is 0 Å². The summed E-state index contributed by atoms with van der Waals surface area (Å²) in [5.41, 5.74) is 1.34. The van der Waals surface area contributed by atoms with Gasteiger partial charge < -0.3 is 5.32 Å². The lowest BCUT2D eigenvalue weighted by molar-refractivity contribution is 0.461. The summed E-state index contributed by atoms with van der Waals surface area (Å²) in [4.78, 5) is 0. The summed E-state index contributed by atoms with van der Waals surface area (Å²) in [6.45, 7) is 9.88. The van der Waals surface area contributed by atoms with Gasteiger partial charge in [-0.15, -0.1) is 0 Å². The van der Waals surface area contributed by atoms with Crippen LogP contribution < -0.4 is 5.32 Å². The van der Waals surface area contributed by atoms with Crippen LogP contribution in [-0.4, -0.2) is 6.04 Å². The maximum Gasteiger partial charge on any atom is 0.0276 e. The number of hydrogen-bond donors (Lipinski definition) is 1. The van der Waals surface area contributed by atoms with E-state index in [4.69, 9.17) is 0 Å². The average Bonchev–Trinajstić information content (AvgIpc) is 2.29. The lowest BCUT2D eigenvalue weighted by Crippen LogP contribution is -2.31. The fourth-order valence-corrected chi connectivity index (χ4v) is 1.70. The average molecular weight is 231 g/mol. The molecule has 0 saturated heterocycles. The molecule has 1 rings (SSSR count). The third-order valence-corrected chi connectivity index (χ3v) is 2.81. The molecule has 0 bridgehead atoms. The number of allylic oxidation sites excluding steroid dienone is 1. The molecule has 17 heavy (non-hydrogen) atoms. The minimum atomic E-state index is 0.456. The Balaban J connectivity index is 2.50. The third-order valence-electron chi connectivity index (χ3n) is 2.81. The first-order valence-corrected chi connectivity index (χ1v) is 6.55. The maximum atomic E-state index is 3.60. The van der Waals surface area contributed by atoms with E-state index in [0.717, 1.165) is 6.54 Å². The normalized spacial score (nSPS) is 13.8. The lowest BCUT2D eigenvalue weighted by Gasteiger charge is -2.19. The molecule has 1 N–H and O–H groups in total. The van der Waals surface area contributed by atoms with Crippen LogP contribution in [0.15, 0.2) is 42.5 Å². The Hall–Kier alpha value is -1.08. The zero-order valence-electron chi connectivity index (χ0n) is 11.5. The Labute approximate surface area is 106 Å². The molecular formula is C16H25N. The first-order chi connectivity index (χ1) is 8.09. The molecule has 0 saturated carbocycles. The number of hydrogen-bond acceptors (Lipinski definition) is 1. The fourth-order valence-electron chi connectivity index (χ4n) is 1.70. The topological polar surface area (TPSA) is 12.0 Å². The molecule has 0 fully saturated rings. The molecular weight excluding hydrogens is 206 g/mol. The second-order valence-electron chi connectivity index (χ2n) is 5.27. The minimum Gasteiger partial charge on any atom is -0.306 e. The van der Waals surface area contributed by atoms with Crippen molar-refractivity contribution < 1.29 is 0 Å². The maximum absolute atomic E-state index is 3.60. The highest BCUT2D eigenvalue weighted by molar-refractivity contribution is 5.14. The molecule has 0 amide bonds. The van der Waals surface area contributed by atoms with Gasteiger partial charge in [-0.3, -0.25) is 0 Å². The molecule has 1 nitrogen and oxygen atoms in total. The largest absolute Gasteiger partial charge is 0.306 e. The van der Waals surface area contributed by atoms with Crippen LogP contribution >= 0.6 is 0 Å². The Kier molecular flexibility index (Phi) is 5.99. The highest BCUT2D eigenvalue weighted by Crippen LogP contribution is 2.07.